The molecule has 6 nitrogen and oxygen atoms in total. The van der Waals surface area contributed by atoms with Gasteiger partial charge in [0.25, 0.3) is 5.91 Å². The van der Waals surface area contributed by atoms with E-state index in [0.717, 1.165) is 19.3 Å². The maximum Gasteiger partial charge on any atom is 0.259 e. The predicted octanol–water partition coefficient (Wildman–Crippen LogP) is 1.24. The second kappa shape index (κ2) is 7.42. The summed E-state index contributed by atoms with van der Waals surface area (Å²) in [5, 5.41) is 13.3. The van der Waals surface area contributed by atoms with Gasteiger partial charge in [0.1, 0.15) is 12.3 Å². The van der Waals surface area contributed by atoms with Crippen LogP contribution in [0.5, 0.6) is 5.75 Å². The number of rotatable bonds is 4. The predicted molar refractivity (Wildman–Crippen MR) is 78.9 cm³/mol. The lowest BCUT2D eigenvalue weighted by atomic mass is 10.2. The molecule has 6 heteroatoms. The molecule has 0 spiro atoms. The molecule has 1 aliphatic heterocycles. The third-order valence-corrected chi connectivity index (χ3v) is 3.34. The number of aromatic hydroxyl groups is 1. The van der Waals surface area contributed by atoms with E-state index in [1.165, 1.54) is 6.21 Å². The van der Waals surface area contributed by atoms with Gasteiger partial charge in [0.05, 0.1) is 6.21 Å². The molecular formula is C15H19N3O3. The Hall–Kier alpha value is -2.37. The summed E-state index contributed by atoms with van der Waals surface area (Å²) in [5.41, 5.74) is 2.89. The van der Waals surface area contributed by atoms with E-state index >= 15 is 0 Å². The Labute approximate surface area is 123 Å². The van der Waals surface area contributed by atoms with Crippen LogP contribution in [0.25, 0.3) is 0 Å². The van der Waals surface area contributed by atoms with E-state index in [2.05, 4.69) is 10.5 Å². The lowest BCUT2D eigenvalue weighted by molar-refractivity contribution is -0.135. The van der Waals surface area contributed by atoms with Gasteiger partial charge < -0.3 is 10.0 Å². The highest BCUT2D eigenvalue weighted by Gasteiger charge is 2.18. The van der Waals surface area contributed by atoms with E-state index in [4.69, 9.17) is 0 Å². The average molecular weight is 289 g/mol. The molecule has 0 atom stereocenters. The average Bonchev–Trinajstić information content (AvgIpc) is 2.66. The molecule has 1 fully saturated rings. The molecule has 2 rings (SSSR count). The zero-order valence-electron chi connectivity index (χ0n) is 11.8. The van der Waals surface area contributed by atoms with Crippen molar-refractivity contribution in [3.05, 3.63) is 29.8 Å². The van der Waals surface area contributed by atoms with Gasteiger partial charge in [-0.15, -0.1) is 0 Å². The monoisotopic (exact) mass is 289 g/mol. The number of nitrogens with zero attached hydrogens (tertiary/aromatic N) is 2. The third kappa shape index (κ3) is 4.59. The second-order valence-corrected chi connectivity index (χ2v) is 4.98. The molecule has 112 valence electrons. The fourth-order valence-electron chi connectivity index (χ4n) is 2.18. The Morgan fingerprint density at radius 3 is 2.95 bits per heavy atom. The fourth-order valence-corrected chi connectivity index (χ4v) is 2.18. The van der Waals surface area contributed by atoms with E-state index < -0.39 is 0 Å². The zero-order valence-corrected chi connectivity index (χ0v) is 11.8. The SMILES string of the molecule is O=C(CN1CCCCCC1=O)N/N=C/c1ccccc1O. The molecule has 0 radical (unpaired) electrons. The van der Waals surface area contributed by atoms with Crippen LogP contribution in [0.15, 0.2) is 29.4 Å². The van der Waals surface area contributed by atoms with Gasteiger partial charge in [-0.3, -0.25) is 9.59 Å². The first-order chi connectivity index (χ1) is 10.2. The van der Waals surface area contributed by atoms with Gasteiger partial charge >= 0.3 is 0 Å². The van der Waals surface area contributed by atoms with Crippen molar-refractivity contribution in [3.63, 3.8) is 0 Å². The first kappa shape index (κ1) is 15.0. The number of phenols is 1. The lowest BCUT2D eigenvalue weighted by Gasteiger charge is -2.18. The molecular weight excluding hydrogens is 270 g/mol. The maximum absolute atomic E-state index is 11.8. The van der Waals surface area contributed by atoms with Crippen molar-refractivity contribution in [2.45, 2.75) is 25.7 Å². The number of para-hydroxylation sites is 1. The molecule has 0 bridgehead atoms. The molecule has 0 aromatic heterocycles. The van der Waals surface area contributed by atoms with Crippen molar-refractivity contribution in [1.29, 1.82) is 0 Å². The number of benzene rings is 1. The van der Waals surface area contributed by atoms with Crippen LogP contribution in [0.2, 0.25) is 0 Å². The standard InChI is InChI=1S/C15H19N3O3/c19-13-7-4-3-6-12(13)10-16-17-14(20)11-18-9-5-1-2-8-15(18)21/h3-4,6-7,10,19H,1-2,5,8-9,11H2,(H,17,20)/b16-10+. The summed E-state index contributed by atoms with van der Waals surface area (Å²) >= 11 is 0. The molecule has 2 amide bonds. The minimum absolute atomic E-state index is 0.0207. The zero-order chi connectivity index (χ0) is 15.1. The first-order valence-electron chi connectivity index (χ1n) is 7.04. The molecule has 21 heavy (non-hydrogen) atoms. The molecule has 1 saturated heterocycles. The Morgan fingerprint density at radius 2 is 2.14 bits per heavy atom. The summed E-state index contributed by atoms with van der Waals surface area (Å²) < 4.78 is 0. The number of carbonyl (C=O) groups is 2. The summed E-state index contributed by atoms with van der Waals surface area (Å²) in [5.74, 6) is -0.220. The Bertz CT molecular complexity index is 543. The van der Waals surface area contributed by atoms with Crippen molar-refractivity contribution in [2.75, 3.05) is 13.1 Å². The van der Waals surface area contributed by atoms with Crippen LogP contribution in [0.3, 0.4) is 0 Å². The topological polar surface area (TPSA) is 82.0 Å². The number of hydrazone groups is 1. The van der Waals surface area contributed by atoms with Crippen molar-refractivity contribution in [2.24, 2.45) is 5.10 Å². The normalized spacial score (nSPS) is 16.0. The molecule has 0 aliphatic carbocycles. The summed E-state index contributed by atoms with van der Waals surface area (Å²) in [7, 11) is 0. The molecule has 1 aromatic carbocycles. The highest BCUT2D eigenvalue weighted by Crippen LogP contribution is 2.12. The van der Waals surface area contributed by atoms with Crippen molar-refractivity contribution >= 4 is 18.0 Å². The highest BCUT2D eigenvalue weighted by atomic mass is 16.3. The van der Waals surface area contributed by atoms with Crippen LogP contribution in [0.1, 0.15) is 31.2 Å². The minimum Gasteiger partial charge on any atom is -0.507 e. The fraction of sp³-hybridized carbons (Fsp3) is 0.400. The number of hydrogen-bond donors (Lipinski definition) is 2. The van der Waals surface area contributed by atoms with E-state index in [1.807, 2.05) is 0 Å². The van der Waals surface area contributed by atoms with Crippen molar-refractivity contribution in [1.82, 2.24) is 10.3 Å². The van der Waals surface area contributed by atoms with Gasteiger partial charge in [0, 0.05) is 18.5 Å². The molecule has 0 saturated carbocycles. The number of likely N-dealkylation sites (tertiary alicyclic amines) is 1. The number of nitrogens with one attached hydrogen (secondary N) is 1. The van der Waals surface area contributed by atoms with Gasteiger partial charge in [-0.05, 0) is 25.0 Å². The van der Waals surface area contributed by atoms with Gasteiger partial charge in [-0.25, -0.2) is 5.43 Å². The second-order valence-electron chi connectivity index (χ2n) is 4.98. The van der Waals surface area contributed by atoms with Crippen LogP contribution in [0.4, 0.5) is 0 Å². The molecule has 1 aromatic rings. The number of phenolic OH excluding ortho intramolecular Hbond substituents is 1. The van der Waals surface area contributed by atoms with Gasteiger partial charge in [-0.2, -0.15) is 5.10 Å². The van der Waals surface area contributed by atoms with Crippen LogP contribution in [0, 0.1) is 0 Å². The van der Waals surface area contributed by atoms with Gasteiger partial charge in [-0.1, -0.05) is 18.6 Å². The Kier molecular flexibility index (Phi) is 5.31. The summed E-state index contributed by atoms with van der Waals surface area (Å²) in [6.07, 6.45) is 4.73. The van der Waals surface area contributed by atoms with Gasteiger partial charge in [0.2, 0.25) is 5.91 Å². The summed E-state index contributed by atoms with van der Waals surface area (Å²) in [4.78, 5) is 25.1. The molecule has 2 N–H and O–H groups in total. The van der Waals surface area contributed by atoms with E-state index in [1.54, 1.807) is 29.2 Å². The number of amides is 2. The third-order valence-electron chi connectivity index (χ3n) is 3.34. The Balaban J connectivity index is 1.84. The number of hydrogen-bond acceptors (Lipinski definition) is 4. The van der Waals surface area contributed by atoms with Crippen LogP contribution in [-0.2, 0) is 9.59 Å². The van der Waals surface area contributed by atoms with Crippen LogP contribution < -0.4 is 5.43 Å². The maximum atomic E-state index is 11.8. The van der Waals surface area contributed by atoms with Gasteiger partial charge in [0.15, 0.2) is 0 Å². The minimum atomic E-state index is -0.336. The summed E-state index contributed by atoms with van der Waals surface area (Å²) in [6, 6.07) is 6.69. The lowest BCUT2D eigenvalue weighted by Crippen LogP contribution is -2.39. The largest absolute Gasteiger partial charge is 0.507 e. The molecule has 0 unspecified atom stereocenters. The quantitative estimate of drug-likeness (QED) is 0.646. The van der Waals surface area contributed by atoms with E-state index in [0.29, 0.717) is 18.5 Å². The summed E-state index contributed by atoms with van der Waals surface area (Å²) in [6.45, 7) is 0.645. The molecule has 1 aliphatic rings. The number of carbonyl (C=O) groups excluding carboxylic acids is 2. The molecule has 1 heterocycles. The van der Waals surface area contributed by atoms with E-state index in [-0.39, 0.29) is 24.1 Å². The van der Waals surface area contributed by atoms with Crippen molar-refractivity contribution in [3.8, 4) is 5.75 Å². The highest BCUT2D eigenvalue weighted by molar-refractivity contribution is 5.87. The van der Waals surface area contributed by atoms with Crippen LogP contribution >= 0.6 is 0 Å². The first-order valence-corrected chi connectivity index (χ1v) is 7.04. The van der Waals surface area contributed by atoms with Crippen molar-refractivity contribution < 1.29 is 14.7 Å². The Morgan fingerprint density at radius 1 is 1.33 bits per heavy atom. The van der Waals surface area contributed by atoms with Crippen LogP contribution in [-0.4, -0.2) is 41.1 Å². The van der Waals surface area contributed by atoms with E-state index in [9.17, 15) is 14.7 Å². The smallest absolute Gasteiger partial charge is 0.259 e.